The van der Waals surface area contributed by atoms with Gasteiger partial charge in [0.15, 0.2) is 0 Å². The summed E-state index contributed by atoms with van der Waals surface area (Å²) in [6.07, 6.45) is 2.99. The van der Waals surface area contributed by atoms with Crippen LogP contribution in [0.25, 0.3) is 5.70 Å². The van der Waals surface area contributed by atoms with Crippen molar-refractivity contribution in [2.24, 2.45) is 0 Å². The monoisotopic (exact) mass is 323 g/mol. The number of hydrogen-bond donors (Lipinski definition) is 3. The highest BCUT2D eigenvalue weighted by atomic mass is 35.5. The van der Waals surface area contributed by atoms with Crippen LogP contribution in [0.1, 0.15) is 15.9 Å². The van der Waals surface area contributed by atoms with Gasteiger partial charge in [-0.15, -0.1) is 0 Å². The van der Waals surface area contributed by atoms with Crippen LogP contribution in [-0.2, 0) is 0 Å². The molecule has 108 valence electrons. The van der Waals surface area contributed by atoms with Crippen LogP contribution >= 0.6 is 23.2 Å². The number of nitrogens with zero attached hydrogens (tertiary/aromatic N) is 1. The molecule has 0 aliphatic carbocycles. The zero-order chi connectivity index (χ0) is 15.4. The molecule has 1 aromatic heterocycles. The van der Waals surface area contributed by atoms with E-state index < -0.39 is 5.91 Å². The van der Waals surface area contributed by atoms with Crippen molar-refractivity contribution in [1.82, 2.24) is 15.8 Å². The van der Waals surface area contributed by atoms with Crippen LogP contribution in [0, 0.1) is 0 Å². The Morgan fingerprint density at radius 1 is 1.29 bits per heavy atom. The van der Waals surface area contributed by atoms with E-state index in [2.05, 4.69) is 22.4 Å². The third-order valence-electron chi connectivity index (χ3n) is 2.60. The van der Waals surface area contributed by atoms with Crippen molar-refractivity contribution in [3.8, 4) is 5.75 Å². The number of halogens is 2. The van der Waals surface area contributed by atoms with Crippen LogP contribution in [0.15, 0.2) is 43.2 Å². The summed E-state index contributed by atoms with van der Waals surface area (Å²) in [6.45, 7) is 3.71. The van der Waals surface area contributed by atoms with Crippen LogP contribution < -0.4 is 10.9 Å². The van der Waals surface area contributed by atoms with Gasteiger partial charge in [-0.25, -0.2) is 0 Å². The summed E-state index contributed by atoms with van der Waals surface area (Å²) in [7, 11) is 0. The topological polar surface area (TPSA) is 74.2 Å². The molecule has 0 unspecified atom stereocenters. The molecule has 0 saturated carbocycles. The molecule has 0 fully saturated rings. The number of rotatable bonds is 4. The Balaban J connectivity index is 2.08. The van der Waals surface area contributed by atoms with Crippen molar-refractivity contribution < 1.29 is 9.90 Å². The number of hydrogen-bond acceptors (Lipinski definition) is 4. The van der Waals surface area contributed by atoms with E-state index in [1.807, 2.05) is 0 Å². The highest BCUT2D eigenvalue weighted by Crippen LogP contribution is 2.33. The van der Waals surface area contributed by atoms with E-state index in [0.717, 1.165) is 0 Å². The second-order valence-corrected chi connectivity index (χ2v) is 4.93. The van der Waals surface area contributed by atoms with Gasteiger partial charge in [-0.3, -0.25) is 20.6 Å². The Hall–Kier alpha value is -2.24. The molecule has 5 nitrogen and oxygen atoms in total. The summed E-state index contributed by atoms with van der Waals surface area (Å²) < 4.78 is 0. The molecule has 0 spiro atoms. The number of phenols is 1. The maximum absolute atomic E-state index is 11.8. The molecule has 1 amide bonds. The van der Waals surface area contributed by atoms with Crippen molar-refractivity contribution in [3.63, 3.8) is 0 Å². The van der Waals surface area contributed by atoms with E-state index in [0.29, 0.717) is 16.1 Å². The molecule has 0 aliphatic heterocycles. The lowest BCUT2D eigenvalue weighted by atomic mass is 10.1. The van der Waals surface area contributed by atoms with E-state index in [-0.39, 0.29) is 16.5 Å². The highest BCUT2D eigenvalue weighted by molar-refractivity contribution is 6.35. The van der Waals surface area contributed by atoms with Crippen LogP contribution in [0.2, 0.25) is 10.0 Å². The minimum atomic E-state index is -0.392. The number of pyridine rings is 1. The Kier molecular flexibility index (Phi) is 4.67. The summed E-state index contributed by atoms with van der Waals surface area (Å²) >= 11 is 11.7. The smallest absolute Gasteiger partial charge is 0.271 e. The second-order valence-electron chi connectivity index (χ2n) is 4.08. The van der Waals surface area contributed by atoms with Crippen LogP contribution in [-0.4, -0.2) is 16.0 Å². The molecule has 0 bridgehead atoms. The Morgan fingerprint density at radius 3 is 2.71 bits per heavy atom. The van der Waals surface area contributed by atoms with Crippen LogP contribution in [0.5, 0.6) is 5.75 Å². The molecule has 0 aliphatic rings. The van der Waals surface area contributed by atoms with Crippen molar-refractivity contribution in [2.45, 2.75) is 0 Å². The van der Waals surface area contributed by atoms with Gasteiger partial charge in [0.1, 0.15) is 5.75 Å². The first-order chi connectivity index (χ1) is 9.99. The second kappa shape index (κ2) is 6.47. The first-order valence-electron chi connectivity index (χ1n) is 5.82. The predicted octanol–water partition coefficient (Wildman–Crippen LogP) is 3.00. The van der Waals surface area contributed by atoms with Crippen molar-refractivity contribution >= 4 is 34.8 Å². The van der Waals surface area contributed by atoms with Gasteiger partial charge in [0.25, 0.3) is 5.91 Å². The normalized spacial score (nSPS) is 10.0. The minimum absolute atomic E-state index is 0.0963. The Morgan fingerprint density at radius 2 is 2.05 bits per heavy atom. The summed E-state index contributed by atoms with van der Waals surface area (Å²) in [5.41, 5.74) is 5.95. The fourth-order valence-electron chi connectivity index (χ4n) is 1.56. The van der Waals surface area contributed by atoms with Crippen molar-refractivity contribution in [1.29, 1.82) is 0 Å². The van der Waals surface area contributed by atoms with Crippen LogP contribution in [0.4, 0.5) is 0 Å². The average Bonchev–Trinajstić information content (AvgIpc) is 2.49. The number of aromatic hydroxyl groups is 1. The first-order valence-corrected chi connectivity index (χ1v) is 6.58. The van der Waals surface area contributed by atoms with E-state index in [9.17, 15) is 9.90 Å². The van der Waals surface area contributed by atoms with Gasteiger partial charge in [-0.05, 0) is 24.3 Å². The highest BCUT2D eigenvalue weighted by Gasteiger charge is 2.12. The van der Waals surface area contributed by atoms with Gasteiger partial charge < -0.3 is 5.11 Å². The largest absolute Gasteiger partial charge is 0.506 e. The molecule has 1 heterocycles. The van der Waals surface area contributed by atoms with Crippen LogP contribution in [0.3, 0.4) is 0 Å². The molecule has 7 heteroatoms. The zero-order valence-electron chi connectivity index (χ0n) is 10.7. The van der Waals surface area contributed by atoms with Gasteiger partial charge >= 0.3 is 0 Å². The molecule has 2 aromatic rings. The summed E-state index contributed by atoms with van der Waals surface area (Å²) in [4.78, 5) is 15.7. The Bertz CT molecular complexity index is 690. The molecule has 2 rings (SSSR count). The number of carbonyl (C=O) groups is 1. The molecule has 3 N–H and O–H groups in total. The molecular formula is C14H11Cl2N3O2. The molecule has 0 radical (unpaired) electrons. The molecule has 1 aromatic carbocycles. The summed E-state index contributed by atoms with van der Waals surface area (Å²) in [5.74, 6) is -0.564. The third kappa shape index (κ3) is 3.65. The minimum Gasteiger partial charge on any atom is -0.506 e. The average molecular weight is 324 g/mol. The lowest BCUT2D eigenvalue weighted by Gasteiger charge is -2.13. The lowest BCUT2D eigenvalue weighted by molar-refractivity contribution is 0.0942. The molecule has 21 heavy (non-hydrogen) atoms. The SMILES string of the molecule is C=C(NNC(=O)c1cccnc1)c1cc(Cl)cc(Cl)c1O. The van der Waals surface area contributed by atoms with Crippen molar-refractivity contribution in [3.05, 3.63) is 64.4 Å². The summed E-state index contributed by atoms with van der Waals surface area (Å²) in [5, 5.41) is 10.3. The predicted molar refractivity (Wildman–Crippen MR) is 82.0 cm³/mol. The quantitative estimate of drug-likeness (QED) is 0.756. The standard InChI is InChI=1S/C14H11Cl2N3O2/c1-8(11-5-10(15)6-12(16)13(11)20)18-19-14(21)9-3-2-4-17-7-9/h2-7,18,20H,1H2,(H,19,21). The number of amides is 1. The number of hydrazine groups is 1. The van der Waals surface area contributed by atoms with Gasteiger partial charge in [0.2, 0.25) is 0 Å². The van der Waals surface area contributed by atoms with E-state index in [1.54, 1.807) is 18.3 Å². The third-order valence-corrected chi connectivity index (χ3v) is 3.11. The maximum atomic E-state index is 11.8. The molecular weight excluding hydrogens is 313 g/mol. The number of carbonyl (C=O) groups excluding carboxylic acids is 1. The van der Waals surface area contributed by atoms with Crippen molar-refractivity contribution in [2.75, 3.05) is 0 Å². The van der Waals surface area contributed by atoms with E-state index in [4.69, 9.17) is 23.2 Å². The number of phenolic OH excluding ortho intramolecular Hbond substituents is 1. The number of benzene rings is 1. The lowest BCUT2D eigenvalue weighted by Crippen LogP contribution is -2.35. The molecule has 0 saturated heterocycles. The fourth-order valence-corrected chi connectivity index (χ4v) is 2.06. The number of aromatic nitrogens is 1. The van der Waals surface area contributed by atoms with Gasteiger partial charge in [-0.1, -0.05) is 29.8 Å². The van der Waals surface area contributed by atoms with Gasteiger partial charge in [0, 0.05) is 23.0 Å². The van der Waals surface area contributed by atoms with E-state index in [1.165, 1.54) is 18.3 Å². The maximum Gasteiger partial charge on any atom is 0.271 e. The first kappa shape index (κ1) is 15.2. The van der Waals surface area contributed by atoms with Gasteiger partial charge in [-0.2, -0.15) is 0 Å². The fraction of sp³-hybridized carbons (Fsp3) is 0. The van der Waals surface area contributed by atoms with Gasteiger partial charge in [0.05, 0.1) is 16.3 Å². The number of nitrogens with one attached hydrogen (secondary N) is 2. The zero-order valence-corrected chi connectivity index (χ0v) is 12.2. The Labute approximate surface area is 131 Å². The van der Waals surface area contributed by atoms with E-state index >= 15 is 0 Å². The molecule has 0 atom stereocenters. The summed E-state index contributed by atoms with van der Waals surface area (Å²) in [6, 6.07) is 6.14.